The molecule has 14 aromatic rings. The molecule has 101 heavy (non-hydrogen) atoms. The van der Waals surface area contributed by atoms with Crippen molar-refractivity contribution in [2.45, 2.75) is 53.1 Å². The molecule has 11 heteroatoms. The summed E-state index contributed by atoms with van der Waals surface area (Å²) >= 11 is 3.12. The molecule has 0 bridgehead atoms. The van der Waals surface area contributed by atoms with Gasteiger partial charge in [0.25, 0.3) is 0 Å². The summed E-state index contributed by atoms with van der Waals surface area (Å²) in [5.41, 5.74) is 1.07. The Labute approximate surface area is 627 Å². The molecule has 0 radical (unpaired) electrons. The van der Waals surface area contributed by atoms with Crippen LogP contribution in [-0.2, 0) is 26.8 Å². The molecule has 2 aromatic heterocycles. The second-order valence-electron chi connectivity index (χ2n) is 22.6. The predicted molar refractivity (Wildman–Crippen MR) is 443 cm³/mol. The van der Waals surface area contributed by atoms with Crippen LogP contribution in [0.4, 0.5) is 8.78 Å². The van der Waals surface area contributed by atoms with Gasteiger partial charge in [-0.3, -0.25) is 0 Å². The Hall–Kier alpha value is -8.27. The number of pyridine rings is 2. The average Bonchev–Trinajstić information content (AvgIpc) is 0.850. The van der Waals surface area contributed by atoms with E-state index in [2.05, 4.69) is 411 Å². The quantitative estimate of drug-likeness (QED) is 0.0547. The second-order valence-corrected chi connectivity index (χ2v) is 32.4. The number of hydrogen-bond donors (Lipinski definition) is 0. The van der Waals surface area contributed by atoms with Crippen LogP contribution in [0.25, 0.3) is 0 Å². The van der Waals surface area contributed by atoms with E-state index in [9.17, 15) is 8.78 Å². The largest absolute Gasteiger partial charge is 0.228 e. The van der Waals surface area contributed by atoms with Crippen LogP contribution in [0.2, 0.25) is 19.0 Å². The first-order valence-electron chi connectivity index (χ1n) is 33.9. The maximum Gasteiger partial charge on any atom is 0.212 e. The Morgan fingerprint density at radius 1 is 0.248 bits per heavy atom. The molecular formula is C90H86BBrF2N2P4Pd. The maximum atomic E-state index is 12.1. The van der Waals surface area contributed by atoms with Crippen molar-refractivity contribution in [3.05, 3.63) is 423 Å². The molecule has 0 aliphatic carbocycles. The summed E-state index contributed by atoms with van der Waals surface area (Å²) in [7, 11) is -1.78. The first-order chi connectivity index (χ1) is 49.3. The van der Waals surface area contributed by atoms with E-state index in [0.29, 0.717) is 0 Å². The van der Waals surface area contributed by atoms with Crippen LogP contribution >= 0.6 is 47.6 Å². The van der Waals surface area contributed by atoms with Crippen LogP contribution in [0.5, 0.6) is 0 Å². The monoisotopic (exact) mass is 1550 g/mol. The maximum absolute atomic E-state index is 12.1. The zero-order valence-electron chi connectivity index (χ0n) is 57.6. The number of benzene rings is 12. The van der Waals surface area contributed by atoms with Crippen LogP contribution in [-0.4, -0.2) is 16.7 Å². The van der Waals surface area contributed by atoms with Crippen molar-refractivity contribution in [2.75, 3.05) is 0 Å². The van der Waals surface area contributed by atoms with Crippen LogP contribution < -0.4 is 63.7 Å². The number of rotatable bonds is 16. The van der Waals surface area contributed by atoms with Gasteiger partial charge in [0.05, 0.1) is 0 Å². The zero-order chi connectivity index (χ0) is 70.0. The van der Waals surface area contributed by atoms with E-state index >= 15 is 0 Å². The summed E-state index contributed by atoms with van der Waals surface area (Å²) in [6, 6.07) is 135. The molecule has 0 unspecified atom stereocenters. The van der Waals surface area contributed by atoms with Crippen molar-refractivity contribution < 1.29 is 29.2 Å². The molecular weight excluding hydrogens is 1470 g/mol. The van der Waals surface area contributed by atoms with Crippen molar-refractivity contribution >= 4 is 118 Å². The molecule has 0 fully saturated rings. The number of aromatic nitrogens is 2. The van der Waals surface area contributed by atoms with E-state index in [-0.39, 0.29) is 20.4 Å². The van der Waals surface area contributed by atoms with Crippen molar-refractivity contribution in [3.8, 4) is 0 Å². The average molecular weight is 1550 g/mol. The minimum Gasteiger partial charge on any atom is -0.228 e. The summed E-state index contributed by atoms with van der Waals surface area (Å²) in [6.07, 6.45) is 7.94. The third-order valence-corrected chi connectivity index (χ3v) is 26.0. The normalized spacial score (nSPS) is 10.2. The van der Waals surface area contributed by atoms with Gasteiger partial charge in [-0.15, -0.1) is 0 Å². The smallest absolute Gasteiger partial charge is 0.212 e. The van der Waals surface area contributed by atoms with Gasteiger partial charge in [0.15, 0.2) is 0 Å². The molecule has 0 saturated heterocycles. The van der Waals surface area contributed by atoms with Crippen LogP contribution in [0.1, 0.15) is 33.3 Å². The summed E-state index contributed by atoms with van der Waals surface area (Å²) in [5.74, 6) is -0.861. The first-order valence-corrected chi connectivity index (χ1v) is 40.1. The standard InChI is InChI=1S/4C18H15P.C7H8FN.C6H15B.C5H3BrFN.Pd/c4*1-4-10-16(11-5-1)19(17-12-6-2-7-13-17)18-14-8-3-9-15-18;1-2-6-3-4-7(8)9-5-6;1-4-7(5-2)6-3;6-4-1-2-5(7)8-3-4;/h4*1-15H;3-5H,2H2,1H3;4-6H2,1-3H3;1-3H;. The van der Waals surface area contributed by atoms with E-state index in [1.54, 1.807) is 18.3 Å². The SMILES string of the molecule is CCB(CC)CC.CCc1ccc(F)nc1.Fc1ccc(Br)cn1.[Pd].c1ccc(P(c2ccccc2)c2ccccc2)cc1.c1ccc(P(c2ccccc2)c2ccccc2)cc1.c1ccc(P(c2ccccc2)c2ccccc2)cc1.c1ccc(P(c2ccccc2)c2ccccc2)cc1. The third kappa shape index (κ3) is 27.5. The molecule has 0 amide bonds. The molecule has 2 heterocycles. The molecule has 12 aromatic carbocycles. The molecule has 0 aliphatic rings. The van der Waals surface area contributed by atoms with E-state index < -0.39 is 43.6 Å². The predicted octanol–water partition coefficient (Wildman–Crippen LogP) is 20.1. The minimum atomic E-state index is -0.451. The molecule has 0 N–H and O–H groups in total. The van der Waals surface area contributed by atoms with Crippen molar-refractivity contribution in [3.63, 3.8) is 0 Å². The van der Waals surface area contributed by atoms with Gasteiger partial charge in [0.2, 0.25) is 11.9 Å². The molecule has 510 valence electrons. The van der Waals surface area contributed by atoms with Crippen LogP contribution in [0, 0.1) is 11.9 Å². The second kappa shape index (κ2) is 47.0. The van der Waals surface area contributed by atoms with Crippen molar-refractivity contribution in [1.29, 1.82) is 0 Å². The van der Waals surface area contributed by atoms with E-state index in [4.69, 9.17) is 0 Å². The number of halogens is 3. The van der Waals surface area contributed by atoms with E-state index in [1.165, 1.54) is 101 Å². The minimum absolute atomic E-state index is 0. The van der Waals surface area contributed by atoms with Gasteiger partial charge >= 0.3 is 0 Å². The van der Waals surface area contributed by atoms with Crippen molar-refractivity contribution in [1.82, 2.24) is 9.97 Å². The Balaban J connectivity index is 0.000000170. The van der Waals surface area contributed by atoms with Gasteiger partial charge in [0, 0.05) is 37.3 Å². The molecule has 14 rings (SSSR count). The molecule has 0 aliphatic heterocycles. The van der Waals surface area contributed by atoms with E-state index in [1.807, 2.05) is 6.92 Å². The van der Waals surface area contributed by atoms with Crippen LogP contribution in [0.15, 0.2) is 405 Å². The summed E-state index contributed by atoms with van der Waals surface area (Å²) in [5, 5.41) is 16.8. The van der Waals surface area contributed by atoms with Gasteiger partial charge in [-0.1, -0.05) is 417 Å². The fourth-order valence-electron chi connectivity index (χ4n) is 10.6. The zero-order valence-corrected chi connectivity index (χ0v) is 64.4. The Morgan fingerprint density at radius 3 is 0.525 bits per heavy atom. The van der Waals surface area contributed by atoms with E-state index in [0.717, 1.165) is 23.2 Å². The third-order valence-electron chi connectivity index (χ3n) is 15.8. The molecule has 0 atom stereocenters. The van der Waals surface area contributed by atoms with Gasteiger partial charge in [0.1, 0.15) is 6.71 Å². The number of nitrogens with zero attached hydrogens (tertiary/aromatic N) is 2. The van der Waals surface area contributed by atoms with Gasteiger partial charge < -0.3 is 0 Å². The fourth-order valence-corrected chi connectivity index (χ4v) is 20.0. The molecule has 2 nitrogen and oxygen atoms in total. The number of hydrogen-bond acceptors (Lipinski definition) is 2. The topological polar surface area (TPSA) is 25.8 Å². The number of aryl methyl sites for hydroxylation is 1. The molecule has 0 saturated carbocycles. The first kappa shape index (κ1) is 80.0. The Bertz CT molecular complexity index is 3480. The summed E-state index contributed by atoms with van der Waals surface area (Å²) in [6.45, 7) is 9.78. The fraction of sp³-hybridized carbons (Fsp3) is 0.0889. The molecule has 0 spiro atoms. The Morgan fingerprint density at radius 2 is 0.416 bits per heavy atom. The summed E-state index contributed by atoms with van der Waals surface area (Å²) in [4.78, 5) is 6.85. The van der Waals surface area contributed by atoms with Gasteiger partial charge in [-0.2, -0.15) is 8.78 Å². The van der Waals surface area contributed by atoms with Crippen molar-refractivity contribution in [2.24, 2.45) is 0 Å². The van der Waals surface area contributed by atoms with Gasteiger partial charge in [-0.05, 0) is 141 Å². The summed E-state index contributed by atoms with van der Waals surface area (Å²) < 4.78 is 24.9. The van der Waals surface area contributed by atoms with Gasteiger partial charge in [-0.25, -0.2) is 9.97 Å². The van der Waals surface area contributed by atoms with Crippen LogP contribution in [0.3, 0.4) is 0 Å². The Kier molecular flexibility index (Phi) is 37.3.